The second kappa shape index (κ2) is 7.88. The van der Waals surface area contributed by atoms with Gasteiger partial charge in [-0.3, -0.25) is 14.2 Å². The van der Waals surface area contributed by atoms with Crippen LogP contribution in [-0.2, 0) is 0 Å². The first-order valence-electron chi connectivity index (χ1n) is 10.9. The van der Waals surface area contributed by atoms with Crippen LogP contribution in [0.5, 0.6) is 5.75 Å². The number of carbonyl (C=O) groups excluding carboxylic acids is 1. The second-order valence-electron chi connectivity index (χ2n) is 9.02. The second-order valence-corrected chi connectivity index (χ2v) is 10.1. The molecular formula is C24H27N3O3S. The summed E-state index contributed by atoms with van der Waals surface area (Å²) in [6, 6.07) is 10.6. The zero-order valence-corrected chi connectivity index (χ0v) is 18.9. The van der Waals surface area contributed by atoms with Crippen LogP contribution in [-0.4, -0.2) is 45.5 Å². The molecule has 7 heteroatoms. The predicted molar refractivity (Wildman–Crippen MR) is 123 cm³/mol. The maximum atomic E-state index is 13.0. The fourth-order valence-corrected chi connectivity index (χ4v) is 5.97. The van der Waals surface area contributed by atoms with E-state index < -0.39 is 0 Å². The zero-order chi connectivity index (χ0) is 21.7. The molecule has 2 fully saturated rings. The summed E-state index contributed by atoms with van der Waals surface area (Å²) in [6.07, 6.45) is 6.47. The number of hydrogen-bond donors (Lipinski definition) is 0. The van der Waals surface area contributed by atoms with Crippen LogP contribution >= 0.6 is 11.3 Å². The summed E-state index contributed by atoms with van der Waals surface area (Å²) in [4.78, 5) is 32.8. The van der Waals surface area contributed by atoms with Crippen LogP contribution in [0.2, 0.25) is 0 Å². The van der Waals surface area contributed by atoms with Crippen LogP contribution in [0, 0.1) is 5.92 Å². The molecular weight excluding hydrogens is 410 g/mol. The fraction of sp³-hybridized carbons (Fsp3) is 0.458. The van der Waals surface area contributed by atoms with Gasteiger partial charge in [0.25, 0.3) is 5.56 Å². The van der Waals surface area contributed by atoms with Crippen molar-refractivity contribution in [2.75, 3.05) is 7.05 Å². The molecule has 4 heterocycles. The van der Waals surface area contributed by atoms with Crippen molar-refractivity contribution < 1.29 is 9.53 Å². The van der Waals surface area contributed by atoms with Crippen molar-refractivity contribution in [2.24, 2.45) is 5.92 Å². The maximum absolute atomic E-state index is 13.0. The summed E-state index contributed by atoms with van der Waals surface area (Å²) in [7, 11) is 2.23. The summed E-state index contributed by atoms with van der Waals surface area (Å²) in [5.74, 6) is 0.765. The van der Waals surface area contributed by atoms with Crippen molar-refractivity contribution in [1.82, 2.24) is 14.5 Å². The Labute approximate surface area is 185 Å². The molecule has 6 nitrogen and oxygen atoms in total. The van der Waals surface area contributed by atoms with Crippen LogP contribution in [0.1, 0.15) is 49.2 Å². The van der Waals surface area contributed by atoms with E-state index in [-0.39, 0.29) is 23.4 Å². The lowest BCUT2D eigenvalue weighted by Gasteiger charge is -2.36. The third kappa shape index (κ3) is 3.70. The van der Waals surface area contributed by atoms with Crippen LogP contribution in [0.4, 0.5) is 0 Å². The van der Waals surface area contributed by atoms with E-state index in [1.807, 2.05) is 38.1 Å². The molecule has 0 saturated carbocycles. The van der Waals surface area contributed by atoms with Crippen molar-refractivity contribution in [1.29, 1.82) is 0 Å². The molecule has 2 aliphatic heterocycles. The van der Waals surface area contributed by atoms with Gasteiger partial charge in [0.1, 0.15) is 22.9 Å². The lowest BCUT2D eigenvalue weighted by atomic mass is 10.0. The molecule has 1 aromatic carbocycles. The Bertz CT molecular complexity index is 1170. The number of piperidine rings is 1. The number of fused-ring (bicyclic) bond motifs is 3. The van der Waals surface area contributed by atoms with E-state index in [0.717, 1.165) is 24.3 Å². The van der Waals surface area contributed by atoms with E-state index in [1.54, 1.807) is 6.07 Å². The van der Waals surface area contributed by atoms with Gasteiger partial charge < -0.3 is 9.64 Å². The van der Waals surface area contributed by atoms with Gasteiger partial charge in [0.05, 0.1) is 16.1 Å². The number of hydrogen-bond acceptors (Lipinski definition) is 6. The van der Waals surface area contributed by atoms with E-state index in [2.05, 4.69) is 16.9 Å². The lowest BCUT2D eigenvalue weighted by molar-refractivity contribution is 0.0661. The van der Waals surface area contributed by atoms with Gasteiger partial charge in [-0.1, -0.05) is 13.8 Å². The van der Waals surface area contributed by atoms with Gasteiger partial charge in [0.2, 0.25) is 0 Å². The molecule has 3 atom stereocenters. The molecule has 0 N–H and O–H groups in total. The molecule has 5 rings (SSSR count). The Morgan fingerprint density at radius 2 is 1.84 bits per heavy atom. The van der Waals surface area contributed by atoms with Crippen molar-refractivity contribution in [3.63, 3.8) is 0 Å². The molecule has 0 amide bonds. The smallest absolute Gasteiger partial charge is 0.275 e. The Morgan fingerprint density at radius 1 is 1.16 bits per heavy atom. The highest BCUT2D eigenvalue weighted by Crippen LogP contribution is 2.36. The third-order valence-electron chi connectivity index (χ3n) is 6.68. The molecule has 2 saturated heterocycles. The van der Waals surface area contributed by atoms with Gasteiger partial charge in [0.15, 0.2) is 5.78 Å². The van der Waals surface area contributed by atoms with E-state index in [9.17, 15) is 9.59 Å². The van der Waals surface area contributed by atoms with Crippen molar-refractivity contribution in [3.05, 3.63) is 51.9 Å². The number of nitrogens with zero attached hydrogens (tertiary/aromatic N) is 3. The number of benzene rings is 1. The predicted octanol–water partition coefficient (Wildman–Crippen LogP) is 4.29. The van der Waals surface area contributed by atoms with Gasteiger partial charge in [-0.05, 0) is 63.1 Å². The number of rotatable bonds is 5. The Hall–Kier alpha value is -2.51. The lowest BCUT2D eigenvalue weighted by Crippen LogP contribution is -2.43. The third-order valence-corrected chi connectivity index (χ3v) is 7.80. The van der Waals surface area contributed by atoms with Gasteiger partial charge >= 0.3 is 0 Å². The summed E-state index contributed by atoms with van der Waals surface area (Å²) < 4.78 is 8.30. The minimum atomic E-state index is -0.154. The molecule has 0 radical (unpaired) electrons. The summed E-state index contributed by atoms with van der Waals surface area (Å²) >= 11 is 1.23. The van der Waals surface area contributed by atoms with Gasteiger partial charge in [-0.15, -0.1) is 11.3 Å². The van der Waals surface area contributed by atoms with Crippen LogP contribution in [0.15, 0.2) is 41.5 Å². The standard InChI is InChI=1S/C24H27N3O3S/c1-14(2)22(28)21-12-20-23(31-21)24(29)27(13-25-20)15-6-8-18(9-7-15)30-19-10-16-4-5-17(11-19)26(16)3/h6-9,12-14,16-17,19H,4-5,10-11H2,1-3H3/t16-,17+,19?. The van der Waals surface area contributed by atoms with Crippen LogP contribution in [0.25, 0.3) is 15.9 Å². The Balaban J connectivity index is 1.36. The monoisotopic (exact) mass is 437 g/mol. The number of carbonyl (C=O) groups is 1. The molecule has 1 unspecified atom stereocenters. The van der Waals surface area contributed by atoms with Crippen LogP contribution < -0.4 is 10.3 Å². The average molecular weight is 438 g/mol. The molecule has 2 aliphatic rings. The highest BCUT2D eigenvalue weighted by atomic mass is 32.1. The number of ether oxygens (including phenoxy) is 1. The summed E-state index contributed by atoms with van der Waals surface area (Å²) in [5, 5.41) is 0. The first kappa shape index (κ1) is 20.4. The average Bonchev–Trinajstić information content (AvgIpc) is 3.26. The van der Waals surface area contributed by atoms with E-state index in [0.29, 0.717) is 27.2 Å². The largest absolute Gasteiger partial charge is 0.490 e. The topological polar surface area (TPSA) is 64.4 Å². The number of aromatic nitrogens is 2. The highest BCUT2D eigenvalue weighted by Gasteiger charge is 2.39. The summed E-state index contributed by atoms with van der Waals surface area (Å²) in [6.45, 7) is 3.72. The van der Waals surface area contributed by atoms with E-state index >= 15 is 0 Å². The van der Waals surface area contributed by atoms with E-state index in [4.69, 9.17) is 4.74 Å². The molecule has 31 heavy (non-hydrogen) atoms. The fourth-order valence-electron chi connectivity index (χ4n) is 4.84. The zero-order valence-electron chi connectivity index (χ0n) is 18.1. The van der Waals surface area contributed by atoms with Gasteiger partial charge in [-0.2, -0.15) is 0 Å². The Morgan fingerprint density at radius 3 is 2.48 bits per heavy atom. The number of ketones is 1. The van der Waals surface area contributed by atoms with Crippen LogP contribution in [0.3, 0.4) is 0 Å². The summed E-state index contributed by atoms with van der Waals surface area (Å²) in [5.41, 5.74) is 1.16. The highest BCUT2D eigenvalue weighted by molar-refractivity contribution is 7.20. The van der Waals surface area contributed by atoms with Gasteiger partial charge in [-0.25, -0.2) is 4.98 Å². The molecule has 3 aromatic rings. The first-order valence-corrected chi connectivity index (χ1v) is 11.8. The van der Waals surface area contributed by atoms with Gasteiger partial charge in [0, 0.05) is 18.0 Å². The molecule has 2 bridgehead atoms. The SMILES string of the molecule is CC(C)C(=O)c1cc2ncn(-c3ccc(OC4C[C@H]5CC[C@@H](C4)N5C)cc3)c(=O)c2s1. The molecule has 2 aromatic heterocycles. The number of Topliss-reactive ketones (excluding diaryl/α,β-unsaturated/α-hetero) is 1. The van der Waals surface area contributed by atoms with E-state index in [1.165, 1.54) is 35.1 Å². The number of thiophene rings is 1. The van der Waals surface area contributed by atoms with Crippen molar-refractivity contribution >= 4 is 27.3 Å². The minimum absolute atomic E-state index is 0.0396. The normalized spacial score (nSPS) is 23.5. The molecule has 0 aliphatic carbocycles. The first-order chi connectivity index (χ1) is 14.9. The van der Waals surface area contributed by atoms with Crippen molar-refractivity contribution in [2.45, 2.75) is 57.7 Å². The minimum Gasteiger partial charge on any atom is -0.490 e. The molecule has 162 valence electrons. The molecule has 0 spiro atoms. The maximum Gasteiger partial charge on any atom is 0.275 e. The van der Waals surface area contributed by atoms with Crippen molar-refractivity contribution in [3.8, 4) is 11.4 Å². The quantitative estimate of drug-likeness (QED) is 0.557. The Kier molecular flexibility index (Phi) is 5.18.